The van der Waals surface area contributed by atoms with Gasteiger partial charge in [0, 0.05) is 6.07 Å². The molecule has 1 amide bonds. The summed E-state index contributed by atoms with van der Waals surface area (Å²) in [7, 11) is 0. The number of fused-ring (bicyclic) bond motifs is 1. The van der Waals surface area contributed by atoms with Gasteiger partial charge < -0.3 is 19.6 Å². The predicted molar refractivity (Wildman–Crippen MR) is 109 cm³/mol. The van der Waals surface area contributed by atoms with Crippen molar-refractivity contribution >= 4 is 34.6 Å². The Labute approximate surface area is 167 Å². The summed E-state index contributed by atoms with van der Waals surface area (Å²) in [6.45, 7) is 3.51. The van der Waals surface area contributed by atoms with Crippen LogP contribution in [0.25, 0.3) is 11.0 Å². The summed E-state index contributed by atoms with van der Waals surface area (Å²) in [4.78, 5) is 35.3. The van der Waals surface area contributed by atoms with Gasteiger partial charge >= 0.3 is 11.6 Å². The molecule has 0 aliphatic heterocycles. The summed E-state index contributed by atoms with van der Waals surface area (Å²) in [6, 6.07) is 4.02. The average molecular weight is 407 g/mol. The van der Waals surface area contributed by atoms with Gasteiger partial charge in [0.1, 0.15) is 17.4 Å². The van der Waals surface area contributed by atoms with Gasteiger partial charge in [-0.3, -0.25) is 4.79 Å². The van der Waals surface area contributed by atoms with E-state index in [0.29, 0.717) is 35.3 Å². The summed E-state index contributed by atoms with van der Waals surface area (Å²) in [5.74, 6) is -0.527. The highest BCUT2D eigenvalue weighted by Crippen LogP contribution is 2.30. The monoisotopic (exact) mass is 407 g/mol. The van der Waals surface area contributed by atoms with E-state index in [1.807, 2.05) is 20.1 Å². The van der Waals surface area contributed by atoms with Crippen LogP contribution in [0.3, 0.4) is 0 Å². The van der Waals surface area contributed by atoms with Crippen LogP contribution in [0, 0.1) is 6.92 Å². The number of carbonyl (C=O) groups excluding carboxylic acids is 1. The Morgan fingerprint density at radius 1 is 1.32 bits per heavy atom. The van der Waals surface area contributed by atoms with Gasteiger partial charge in [0.05, 0.1) is 5.39 Å². The molecule has 0 bridgehead atoms. The number of nitrogens with one attached hydrogen (secondary N) is 1. The van der Waals surface area contributed by atoms with E-state index in [1.54, 1.807) is 12.1 Å². The number of carboxylic acid groups (broad SMARTS) is 1. The fourth-order valence-corrected chi connectivity index (χ4v) is 3.39. The molecule has 2 N–H and O–H groups in total. The molecule has 7 nitrogen and oxygen atoms in total. The first-order chi connectivity index (χ1) is 13.3. The lowest BCUT2D eigenvalue weighted by atomic mass is 10.0. The lowest BCUT2D eigenvalue weighted by molar-refractivity contribution is -0.142. The lowest BCUT2D eigenvalue weighted by Gasteiger charge is -2.16. The van der Waals surface area contributed by atoms with E-state index in [4.69, 9.17) is 9.15 Å². The van der Waals surface area contributed by atoms with Crippen molar-refractivity contribution in [1.29, 1.82) is 0 Å². The van der Waals surface area contributed by atoms with Crippen molar-refractivity contribution in [2.45, 2.75) is 39.2 Å². The molecule has 1 atom stereocenters. The number of hydrogen-bond donors (Lipinski definition) is 2. The van der Waals surface area contributed by atoms with Gasteiger partial charge in [-0.2, -0.15) is 11.8 Å². The third-order valence-electron chi connectivity index (χ3n) is 4.16. The normalized spacial score (nSPS) is 12.0. The molecule has 2 rings (SSSR count). The molecule has 0 aliphatic rings. The molecule has 0 radical (unpaired) electrons. The molecule has 0 spiro atoms. The SMILES string of the molecule is CCCc1cc(=O)oc2cc(C)cc(OCC(=O)NC(CCSC)C(=O)O)c12. The van der Waals surface area contributed by atoms with Crippen molar-refractivity contribution in [1.82, 2.24) is 5.32 Å². The zero-order valence-corrected chi connectivity index (χ0v) is 17.1. The van der Waals surface area contributed by atoms with Gasteiger partial charge in [0.2, 0.25) is 0 Å². The molecule has 0 fully saturated rings. The fourth-order valence-electron chi connectivity index (χ4n) is 2.92. The maximum absolute atomic E-state index is 12.2. The quantitative estimate of drug-likeness (QED) is 0.583. The van der Waals surface area contributed by atoms with Crippen molar-refractivity contribution in [2.75, 3.05) is 18.6 Å². The van der Waals surface area contributed by atoms with Crippen LogP contribution in [0.2, 0.25) is 0 Å². The van der Waals surface area contributed by atoms with Crippen molar-refractivity contribution in [3.8, 4) is 5.75 Å². The second-order valence-electron chi connectivity index (χ2n) is 6.51. The number of benzene rings is 1. The smallest absolute Gasteiger partial charge is 0.336 e. The summed E-state index contributed by atoms with van der Waals surface area (Å²) in [6.07, 6.45) is 3.71. The van der Waals surface area contributed by atoms with Crippen LogP contribution in [0.5, 0.6) is 5.75 Å². The van der Waals surface area contributed by atoms with Gasteiger partial charge in [-0.25, -0.2) is 9.59 Å². The molecule has 1 unspecified atom stereocenters. The summed E-state index contributed by atoms with van der Waals surface area (Å²) < 4.78 is 11.0. The zero-order chi connectivity index (χ0) is 20.7. The van der Waals surface area contributed by atoms with Crippen molar-refractivity contribution in [3.63, 3.8) is 0 Å². The summed E-state index contributed by atoms with van der Waals surface area (Å²) >= 11 is 1.51. The zero-order valence-electron chi connectivity index (χ0n) is 16.2. The van der Waals surface area contributed by atoms with Crippen LogP contribution < -0.4 is 15.7 Å². The van der Waals surface area contributed by atoms with E-state index < -0.39 is 23.5 Å². The number of amides is 1. The number of hydrogen-bond acceptors (Lipinski definition) is 6. The minimum Gasteiger partial charge on any atom is -0.483 e. The molecule has 0 saturated heterocycles. The van der Waals surface area contributed by atoms with Gasteiger partial charge in [-0.05, 0) is 55.0 Å². The van der Waals surface area contributed by atoms with E-state index in [-0.39, 0.29) is 6.61 Å². The molecular formula is C20H25NO6S. The highest BCUT2D eigenvalue weighted by molar-refractivity contribution is 7.98. The molecule has 1 aromatic carbocycles. The van der Waals surface area contributed by atoms with Crippen LogP contribution in [0.1, 0.15) is 30.9 Å². The van der Waals surface area contributed by atoms with Crippen molar-refractivity contribution in [3.05, 3.63) is 39.7 Å². The molecule has 8 heteroatoms. The molecule has 28 heavy (non-hydrogen) atoms. The van der Waals surface area contributed by atoms with Crippen LogP contribution in [0.15, 0.2) is 27.4 Å². The Balaban J connectivity index is 2.22. The van der Waals surface area contributed by atoms with E-state index in [9.17, 15) is 19.5 Å². The number of carboxylic acids is 1. The van der Waals surface area contributed by atoms with Crippen LogP contribution in [-0.4, -0.2) is 41.6 Å². The first-order valence-electron chi connectivity index (χ1n) is 9.07. The predicted octanol–water partition coefficient (Wildman–Crippen LogP) is 2.76. The largest absolute Gasteiger partial charge is 0.483 e. The van der Waals surface area contributed by atoms with Crippen LogP contribution >= 0.6 is 11.8 Å². The van der Waals surface area contributed by atoms with Gasteiger partial charge in [0.15, 0.2) is 6.61 Å². The third kappa shape index (κ3) is 5.76. The van der Waals surface area contributed by atoms with E-state index in [1.165, 1.54) is 17.8 Å². The third-order valence-corrected chi connectivity index (χ3v) is 4.80. The fraction of sp³-hybridized carbons (Fsp3) is 0.450. The number of thioether (sulfide) groups is 1. The number of aryl methyl sites for hydroxylation is 2. The Bertz CT molecular complexity index is 907. The summed E-state index contributed by atoms with van der Waals surface area (Å²) in [5.41, 5.74) is 1.61. The van der Waals surface area contributed by atoms with Crippen LogP contribution in [-0.2, 0) is 16.0 Å². The number of rotatable bonds is 10. The molecule has 152 valence electrons. The Morgan fingerprint density at radius 3 is 2.71 bits per heavy atom. The molecule has 0 saturated carbocycles. The first kappa shape index (κ1) is 21.8. The summed E-state index contributed by atoms with van der Waals surface area (Å²) in [5, 5.41) is 12.4. The van der Waals surface area contributed by atoms with Gasteiger partial charge in [-0.1, -0.05) is 13.3 Å². The van der Waals surface area contributed by atoms with E-state index in [2.05, 4.69) is 5.32 Å². The molecule has 2 aromatic rings. The topological polar surface area (TPSA) is 106 Å². The second kappa shape index (κ2) is 10.2. The molecule has 1 heterocycles. The van der Waals surface area contributed by atoms with Crippen LogP contribution in [0.4, 0.5) is 0 Å². The van der Waals surface area contributed by atoms with Crippen molar-refractivity contribution < 1.29 is 23.8 Å². The maximum Gasteiger partial charge on any atom is 0.336 e. The minimum atomic E-state index is -1.07. The van der Waals surface area contributed by atoms with E-state index >= 15 is 0 Å². The minimum absolute atomic E-state index is 0.327. The van der Waals surface area contributed by atoms with E-state index in [0.717, 1.165) is 17.5 Å². The highest BCUT2D eigenvalue weighted by Gasteiger charge is 2.20. The Morgan fingerprint density at radius 2 is 2.07 bits per heavy atom. The number of ether oxygens (including phenoxy) is 1. The van der Waals surface area contributed by atoms with Gasteiger partial charge in [0.25, 0.3) is 5.91 Å². The standard InChI is InChI=1S/C20H25NO6S/c1-4-5-13-10-18(23)27-16-9-12(2)8-15(19(13)16)26-11-17(22)21-14(20(24)25)6-7-28-3/h8-10,14H,4-7,11H2,1-3H3,(H,21,22)(H,24,25). The van der Waals surface area contributed by atoms with Crippen molar-refractivity contribution in [2.24, 2.45) is 0 Å². The van der Waals surface area contributed by atoms with Gasteiger partial charge in [-0.15, -0.1) is 0 Å². The first-order valence-corrected chi connectivity index (χ1v) is 10.5. The lowest BCUT2D eigenvalue weighted by Crippen LogP contribution is -2.43. The molecule has 1 aromatic heterocycles. The maximum atomic E-state index is 12.2. The average Bonchev–Trinajstić information content (AvgIpc) is 2.62. The molecular weight excluding hydrogens is 382 g/mol. The Kier molecular flexibility index (Phi) is 7.92. The molecule has 0 aliphatic carbocycles. The Hall–Kier alpha value is -2.48. The number of aliphatic carboxylic acids is 1. The second-order valence-corrected chi connectivity index (χ2v) is 7.49. The highest BCUT2D eigenvalue weighted by atomic mass is 32.2. The number of carbonyl (C=O) groups is 2.